The Balaban J connectivity index is 1.62. The van der Waals surface area contributed by atoms with E-state index in [-0.39, 0.29) is 0 Å². The highest BCUT2D eigenvalue weighted by Gasteiger charge is 2.56. The van der Waals surface area contributed by atoms with Crippen LogP contribution in [0.25, 0.3) is 0 Å². The van der Waals surface area contributed by atoms with E-state index in [0.29, 0.717) is 35.9 Å². The Labute approximate surface area is 130 Å². The molecule has 3 heteroatoms. The zero-order valence-electron chi connectivity index (χ0n) is 14.1. The van der Waals surface area contributed by atoms with Crippen LogP contribution in [0.5, 0.6) is 0 Å². The number of hydrogen-bond acceptors (Lipinski definition) is 3. The third-order valence-corrected chi connectivity index (χ3v) is 6.03. The first-order chi connectivity index (χ1) is 10.1. The van der Waals surface area contributed by atoms with Gasteiger partial charge in [-0.1, -0.05) is 26.2 Å². The molecule has 4 atom stereocenters. The summed E-state index contributed by atoms with van der Waals surface area (Å²) in [7, 11) is 0. The lowest BCUT2D eigenvalue weighted by atomic mass is 9.55. The molecule has 0 radical (unpaired) electrons. The van der Waals surface area contributed by atoms with Crippen LogP contribution in [0.4, 0.5) is 0 Å². The van der Waals surface area contributed by atoms with Crippen molar-refractivity contribution in [2.45, 2.75) is 103 Å². The van der Waals surface area contributed by atoms with E-state index in [0.717, 1.165) is 19.4 Å². The number of nitrogens with one attached hydrogen (secondary N) is 1. The summed E-state index contributed by atoms with van der Waals surface area (Å²) in [5, 5.41) is 3.72. The fourth-order valence-electron chi connectivity index (χ4n) is 5.04. The number of hydrogen-bond donors (Lipinski definition) is 1. The Morgan fingerprint density at radius 2 is 1.71 bits per heavy atom. The van der Waals surface area contributed by atoms with Gasteiger partial charge in [0.05, 0.1) is 24.4 Å². The molecule has 1 aliphatic heterocycles. The van der Waals surface area contributed by atoms with E-state index < -0.39 is 0 Å². The fraction of sp³-hybridized carbons (Fsp3) is 1.00. The van der Waals surface area contributed by atoms with Crippen molar-refractivity contribution in [3.05, 3.63) is 0 Å². The molecule has 4 unspecified atom stereocenters. The minimum absolute atomic E-state index is 0.352. The molecule has 0 aromatic heterocycles. The van der Waals surface area contributed by atoms with Crippen LogP contribution in [-0.4, -0.2) is 37.0 Å². The normalized spacial score (nSPS) is 42.7. The molecule has 0 bridgehead atoms. The predicted molar refractivity (Wildman–Crippen MR) is 85.5 cm³/mol. The van der Waals surface area contributed by atoms with E-state index in [1.165, 1.54) is 38.5 Å². The Morgan fingerprint density at radius 1 is 1.05 bits per heavy atom. The highest BCUT2D eigenvalue weighted by atomic mass is 16.5. The highest BCUT2D eigenvalue weighted by Crippen LogP contribution is 2.54. The smallest absolute Gasteiger partial charge is 0.0665 e. The van der Waals surface area contributed by atoms with Gasteiger partial charge in [0.1, 0.15) is 0 Å². The monoisotopic (exact) mass is 295 g/mol. The SMILES string of the molecule is CCNC1CC(OC2CC(C)OC(C)C2)C12CCCCC2. The van der Waals surface area contributed by atoms with E-state index in [1.54, 1.807) is 0 Å². The molecule has 1 heterocycles. The molecule has 3 rings (SSSR count). The molecule has 122 valence electrons. The predicted octanol–water partition coefficient (Wildman–Crippen LogP) is 3.66. The lowest BCUT2D eigenvalue weighted by Crippen LogP contribution is -2.65. The molecule has 2 saturated carbocycles. The quantitative estimate of drug-likeness (QED) is 0.858. The van der Waals surface area contributed by atoms with Crippen molar-refractivity contribution in [3.63, 3.8) is 0 Å². The minimum Gasteiger partial charge on any atom is -0.375 e. The summed E-state index contributed by atoms with van der Waals surface area (Å²) >= 11 is 0. The zero-order chi connectivity index (χ0) is 14.9. The van der Waals surface area contributed by atoms with Crippen LogP contribution < -0.4 is 5.32 Å². The van der Waals surface area contributed by atoms with E-state index in [9.17, 15) is 0 Å². The van der Waals surface area contributed by atoms with Gasteiger partial charge in [-0.15, -0.1) is 0 Å². The maximum atomic E-state index is 6.62. The third-order valence-electron chi connectivity index (χ3n) is 6.03. The largest absolute Gasteiger partial charge is 0.375 e. The van der Waals surface area contributed by atoms with Crippen molar-refractivity contribution in [3.8, 4) is 0 Å². The standard InChI is InChI=1S/C18H33NO2/c1-4-19-16-12-17(18(16)8-6-5-7-9-18)21-15-10-13(2)20-14(3)11-15/h13-17,19H,4-12H2,1-3H3. The minimum atomic E-state index is 0.352. The van der Waals surface area contributed by atoms with Gasteiger partial charge in [0.2, 0.25) is 0 Å². The molecule has 3 nitrogen and oxygen atoms in total. The van der Waals surface area contributed by atoms with Crippen LogP contribution in [0.3, 0.4) is 0 Å². The first-order valence-corrected chi connectivity index (χ1v) is 9.18. The molecule has 1 spiro atoms. The van der Waals surface area contributed by atoms with Crippen LogP contribution in [0.1, 0.15) is 72.1 Å². The van der Waals surface area contributed by atoms with Gasteiger partial charge in [-0.05, 0) is 52.5 Å². The molecule has 1 N–H and O–H groups in total. The van der Waals surface area contributed by atoms with Gasteiger partial charge in [0.25, 0.3) is 0 Å². The van der Waals surface area contributed by atoms with Crippen LogP contribution in [-0.2, 0) is 9.47 Å². The van der Waals surface area contributed by atoms with Crippen molar-refractivity contribution in [2.24, 2.45) is 5.41 Å². The molecule has 0 amide bonds. The lowest BCUT2D eigenvalue weighted by Gasteiger charge is -2.59. The summed E-state index contributed by atoms with van der Waals surface area (Å²) in [5.41, 5.74) is 0.443. The molecule has 1 saturated heterocycles. The summed E-state index contributed by atoms with van der Waals surface area (Å²) in [4.78, 5) is 0. The summed E-state index contributed by atoms with van der Waals surface area (Å²) in [6.07, 6.45) is 11.9. The Hall–Kier alpha value is -0.120. The number of ether oxygens (including phenoxy) is 2. The molecule has 0 aromatic rings. The molecular formula is C18H33NO2. The maximum absolute atomic E-state index is 6.62. The Kier molecular flexibility index (Phi) is 4.92. The van der Waals surface area contributed by atoms with Crippen LogP contribution in [0, 0.1) is 5.41 Å². The Bertz CT molecular complexity index is 330. The van der Waals surface area contributed by atoms with Gasteiger partial charge in [0.15, 0.2) is 0 Å². The first-order valence-electron chi connectivity index (χ1n) is 9.18. The summed E-state index contributed by atoms with van der Waals surface area (Å²) in [5.74, 6) is 0. The molecule has 21 heavy (non-hydrogen) atoms. The second kappa shape index (κ2) is 6.55. The average molecular weight is 295 g/mol. The molecular weight excluding hydrogens is 262 g/mol. The van der Waals surface area contributed by atoms with E-state index in [2.05, 4.69) is 26.1 Å². The van der Waals surface area contributed by atoms with Gasteiger partial charge in [0, 0.05) is 11.5 Å². The van der Waals surface area contributed by atoms with Crippen LogP contribution in [0.2, 0.25) is 0 Å². The summed E-state index contributed by atoms with van der Waals surface area (Å²) in [6.45, 7) is 7.69. The van der Waals surface area contributed by atoms with Gasteiger partial charge in [-0.25, -0.2) is 0 Å². The van der Waals surface area contributed by atoms with Gasteiger partial charge in [-0.2, -0.15) is 0 Å². The second-order valence-electron chi connectivity index (χ2n) is 7.62. The van der Waals surface area contributed by atoms with E-state index in [1.807, 2.05) is 0 Å². The van der Waals surface area contributed by atoms with E-state index in [4.69, 9.17) is 9.47 Å². The molecule has 3 fully saturated rings. The topological polar surface area (TPSA) is 30.5 Å². The summed E-state index contributed by atoms with van der Waals surface area (Å²) < 4.78 is 12.5. The highest BCUT2D eigenvalue weighted by molar-refractivity contribution is 5.09. The molecule has 3 aliphatic rings. The fourth-order valence-corrected chi connectivity index (χ4v) is 5.04. The van der Waals surface area contributed by atoms with Gasteiger partial charge >= 0.3 is 0 Å². The van der Waals surface area contributed by atoms with Crippen LogP contribution >= 0.6 is 0 Å². The van der Waals surface area contributed by atoms with Gasteiger partial charge in [-0.3, -0.25) is 0 Å². The Morgan fingerprint density at radius 3 is 2.33 bits per heavy atom. The molecule has 0 aromatic carbocycles. The van der Waals surface area contributed by atoms with E-state index >= 15 is 0 Å². The summed E-state index contributed by atoms with van der Waals surface area (Å²) in [6, 6.07) is 0.697. The lowest BCUT2D eigenvalue weighted by molar-refractivity contribution is -0.202. The van der Waals surface area contributed by atoms with Crippen molar-refractivity contribution in [2.75, 3.05) is 6.54 Å². The first kappa shape index (κ1) is 15.8. The van der Waals surface area contributed by atoms with Crippen molar-refractivity contribution in [1.29, 1.82) is 0 Å². The molecule has 2 aliphatic carbocycles. The third kappa shape index (κ3) is 3.16. The second-order valence-corrected chi connectivity index (χ2v) is 7.62. The average Bonchev–Trinajstić information content (AvgIpc) is 2.46. The maximum Gasteiger partial charge on any atom is 0.0665 e. The van der Waals surface area contributed by atoms with Gasteiger partial charge < -0.3 is 14.8 Å². The van der Waals surface area contributed by atoms with Crippen molar-refractivity contribution < 1.29 is 9.47 Å². The van der Waals surface area contributed by atoms with Crippen molar-refractivity contribution in [1.82, 2.24) is 5.32 Å². The zero-order valence-corrected chi connectivity index (χ0v) is 14.1. The number of rotatable bonds is 4. The van der Waals surface area contributed by atoms with Crippen molar-refractivity contribution >= 4 is 0 Å². The van der Waals surface area contributed by atoms with Crippen LogP contribution in [0.15, 0.2) is 0 Å².